The molecule has 23 heavy (non-hydrogen) atoms. The molecule has 2 aromatic rings. The van der Waals surface area contributed by atoms with Gasteiger partial charge in [0.15, 0.2) is 5.16 Å². The van der Waals surface area contributed by atoms with Crippen molar-refractivity contribution >= 4 is 17.7 Å². The molecule has 1 aromatic carbocycles. The summed E-state index contributed by atoms with van der Waals surface area (Å²) < 4.78 is 2.06. The van der Waals surface area contributed by atoms with Crippen LogP contribution in [0.5, 0.6) is 0 Å². The molecule has 3 rings (SSSR count). The van der Waals surface area contributed by atoms with Crippen LogP contribution in [-0.4, -0.2) is 37.4 Å². The van der Waals surface area contributed by atoms with Gasteiger partial charge in [0.05, 0.1) is 5.25 Å². The van der Waals surface area contributed by atoms with E-state index in [1.807, 2.05) is 30.0 Å². The highest BCUT2D eigenvalue weighted by molar-refractivity contribution is 8.00. The number of hydrogen-bond acceptors (Lipinski definition) is 4. The molecule has 1 aliphatic rings. The van der Waals surface area contributed by atoms with E-state index in [0.29, 0.717) is 6.54 Å². The molecule has 1 amide bonds. The highest BCUT2D eigenvalue weighted by atomic mass is 32.2. The van der Waals surface area contributed by atoms with Crippen molar-refractivity contribution in [2.75, 3.05) is 6.54 Å². The number of carbonyl (C=O) groups excluding carboxylic acids is 1. The third kappa shape index (κ3) is 3.58. The summed E-state index contributed by atoms with van der Waals surface area (Å²) in [7, 11) is 0. The predicted molar refractivity (Wildman–Crippen MR) is 91.2 cm³/mol. The van der Waals surface area contributed by atoms with Crippen molar-refractivity contribution in [3.63, 3.8) is 0 Å². The van der Waals surface area contributed by atoms with Gasteiger partial charge in [0, 0.05) is 19.6 Å². The van der Waals surface area contributed by atoms with Crippen molar-refractivity contribution in [2.24, 2.45) is 0 Å². The van der Waals surface area contributed by atoms with Crippen LogP contribution in [0.4, 0.5) is 0 Å². The quantitative estimate of drug-likeness (QED) is 0.846. The standard InChI is InChI=1S/C17H22N4OS/c1-3-21-13(2)18-19-17(21)23-15-10-7-11-20(16(15)22)12-14-8-5-4-6-9-14/h4-6,8-9,15H,3,7,10-12H2,1-2H3/t15-/m1/s1. The lowest BCUT2D eigenvalue weighted by Gasteiger charge is -2.31. The monoisotopic (exact) mass is 330 g/mol. The van der Waals surface area contributed by atoms with Crippen LogP contribution in [0.15, 0.2) is 35.5 Å². The van der Waals surface area contributed by atoms with E-state index in [-0.39, 0.29) is 11.2 Å². The molecule has 0 spiro atoms. The number of piperidine rings is 1. The van der Waals surface area contributed by atoms with Gasteiger partial charge in [-0.2, -0.15) is 0 Å². The SMILES string of the molecule is CCn1c(C)nnc1S[C@@H]1CCCN(Cc2ccccc2)C1=O. The first kappa shape index (κ1) is 16.1. The van der Waals surface area contributed by atoms with Gasteiger partial charge in [0.1, 0.15) is 5.82 Å². The van der Waals surface area contributed by atoms with Crippen LogP contribution >= 0.6 is 11.8 Å². The zero-order chi connectivity index (χ0) is 16.2. The fourth-order valence-electron chi connectivity index (χ4n) is 2.91. The molecule has 0 bridgehead atoms. The van der Waals surface area contributed by atoms with Crippen LogP contribution in [0.25, 0.3) is 0 Å². The summed E-state index contributed by atoms with van der Waals surface area (Å²) in [6, 6.07) is 10.2. The molecule has 0 N–H and O–H groups in total. The van der Waals surface area contributed by atoms with Gasteiger partial charge in [-0.25, -0.2) is 0 Å². The first-order valence-electron chi connectivity index (χ1n) is 8.08. The third-order valence-electron chi connectivity index (χ3n) is 4.16. The molecule has 2 heterocycles. The molecule has 1 fully saturated rings. The van der Waals surface area contributed by atoms with E-state index in [0.717, 1.165) is 36.9 Å². The minimum absolute atomic E-state index is 0.0543. The van der Waals surface area contributed by atoms with Crippen molar-refractivity contribution in [3.05, 3.63) is 41.7 Å². The Labute approximate surface area is 141 Å². The number of likely N-dealkylation sites (tertiary alicyclic amines) is 1. The summed E-state index contributed by atoms with van der Waals surface area (Å²) in [5, 5.41) is 9.16. The van der Waals surface area contributed by atoms with Crippen molar-refractivity contribution in [2.45, 2.75) is 50.2 Å². The normalized spacial score (nSPS) is 18.4. The maximum absolute atomic E-state index is 12.8. The summed E-state index contributed by atoms with van der Waals surface area (Å²) in [4.78, 5) is 14.8. The average molecular weight is 330 g/mol. The van der Waals surface area contributed by atoms with Crippen molar-refractivity contribution < 1.29 is 4.79 Å². The molecule has 1 atom stereocenters. The first-order chi connectivity index (χ1) is 11.2. The maximum Gasteiger partial charge on any atom is 0.236 e. The molecular weight excluding hydrogens is 308 g/mol. The number of thioether (sulfide) groups is 1. The van der Waals surface area contributed by atoms with E-state index >= 15 is 0 Å². The lowest BCUT2D eigenvalue weighted by Crippen LogP contribution is -2.42. The lowest BCUT2D eigenvalue weighted by atomic mass is 10.1. The molecule has 6 heteroatoms. The van der Waals surface area contributed by atoms with Gasteiger partial charge in [-0.15, -0.1) is 10.2 Å². The van der Waals surface area contributed by atoms with Crippen LogP contribution in [0.2, 0.25) is 0 Å². The van der Waals surface area contributed by atoms with Crippen molar-refractivity contribution in [1.82, 2.24) is 19.7 Å². The second-order valence-corrected chi connectivity index (χ2v) is 6.94. The zero-order valence-electron chi connectivity index (χ0n) is 13.6. The Morgan fingerprint density at radius 2 is 2.04 bits per heavy atom. The second kappa shape index (κ2) is 7.17. The highest BCUT2D eigenvalue weighted by Crippen LogP contribution is 2.30. The molecule has 0 unspecified atom stereocenters. The van der Waals surface area contributed by atoms with Crippen LogP contribution in [0.3, 0.4) is 0 Å². The van der Waals surface area contributed by atoms with E-state index in [2.05, 4.69) is 33.8 Å². The lowest BCUT2D eigenvalue weighted by molar-refractivity contribution is -0.133. The smallest absolute Gasteiger partial charge is 0.236 e. The van der Waals surface area contributed by atoms with Gasteiger partial charge in [-0.05, 0) is 32.3 Å². The summed E-state index contributed by atoms with van der Waals surface area (Å²) >= 11 is 1.56. The Kier molecular flexibility index (Phi) is 5.00. The number of amides is 1. The maximum atomic E-state index is 12.8. The van der Waals surface area contributed by atoms with Crippen molar-refractivity contribution in [3.8, 4) is 0 Å². The topological polar surface area (TPSA) is 51.0 Å². The molecule has 1 saturated heterocycles. The molecule has 0 aliphatic carbocycles. The number of aromatic nitrogens is 3. The first-order valence-corrected chi connectivity index (χ1v) is 8.96. The average Bonchev–Trinajstić information content (AvgIpc) is 2.92. The second-order valence-electron chi connectivity index (χ2n) is 5.77. The Bertz CT molecular complexity index is 670. The van der Waals surface area contributed by atoms with Gasteiger partial charge < -0.3 is 9.47 Å². The molecule has 5 nitrogen and oxygen atoms in total. The fraction of sp³-hybridized carbons (Fsp3) is 0.471. The van der Waals surface area contributed by atoms with E-state index < -0.39 is 0 Å². The van der Waals surface area contributed by atoms with E-state index in [1.165, 1.54) is 5.56 Å². The van der Waals surface area contributed by atoms with Gasteiger partial charge >= 0.3 is 0 Å². The number of aryl methyl sites for hydroxylation is 1. The van der Waals surface area contributed by atoms with Crippen molar-refractivity contribution in [1.29, 1.82) is 0 Å². The molecule has 0 saturated carbocycles. The van der Waals surface area contributed by atoms with Crippen LogP contribution in [0, 0.1) is 6.92 Å². The van der Waals surface area contributed by atoms with Crippen LogP contribution in [-0.2, 0) is 17.9 Å². The fourth-order valence-corrected chi connectivity index (χ4v) is 4.18. The van der Waals surface area contributed by atoms with E-state index in [1.54, 1.807) is 11.8 Å². The summed E-state index contributed by atoms with van der Waals surface area (Å²) in [6.07, 6.45) is 1.94. The molecular formula is C17H22N4OS. The third-order valence-corrected chi connectivity index (χ3v) is 5.40. The molecule has 122 valence electrons. The van der Waals surface area contributed by atoms with E-state index in [4.69, 9.17) is 0 Å². The van der Waals surface area contributed by atoms with Gasteiger partial charge in [-0.1, -0.05) is 42.1 Å². The van der Waals surface area contributed by atoms with Gasteiger partial charge in [0.25, 0.3) is 0 Å². The van der Waals surface area contributed by atoms with Crippen LogP contribution < -0.4 is 0 Å². The number of benzene rings is 1. The van der Waals surface area contributed by atoms with E-state index in [9.17, 15) is 4.79 Å². The van der Waals surface area contributed by atoms with Gasteiger partial charge in [-0.3, -0.25) is 4.79 Å². The Balaban J connectivity index is 1.70. The summed E-state index contributed by atoms with van der Waals surface area (Å²) in [5.74, 6) is 1.12. The Morgan fingerprint density at radius 1 is 1.26 bits per heavy atom. The Hall–Kier alpha value is -1.82. The number of hydrogen-bond donors (Lipinski definition) is 0. The molecule has 1 aromatic heterocycles. The summed E-state index contributed by atoms with van der Waals surface area (Å²) in [5.41, 5.74) is 1.18. The zero-order valence-corrected chi connectivity index (χ0v) is 14.4. The molecule has 0 radical (unpaired) electrons. The highest BCUT2D eigenvalue weighted by Gasteiger charge is 2.31. The predicted octanol–water partition coefficient (Wildman–Crippen LogP) is 2.89. The van der Waals surface area contributed by atoms with Crippen LogP contribution in [0.1, 0.15) is 31.2 Å². The summed E-state index contributed by atoms with van der Waals surface area (Å²) in [6.45, 7) is 6.38. The molecule has 1 aliphatic heterocycles. The van der Waals surface area contributed by atoms with Gasteiger partial charge in [0.2, 0.25) is 5.91 Å². The number of nitrogens with zero attached hydrogens (tertiary/aromatic N) is 4. The Morgan fingerprint density at radius 3 is 2.78 bits per heavy atom. The number of carbonyl (C=O) groups is 1. The number of rotatable bonds is 5. The largest absolute Gasteiger partial charge is 0.337 e. The minimum atomic E-state index is -0.0543. The minimum Gasteiger partial charge on any atom is -0.337 e.